The molecule has 1 rings (SSSR count). The van der Waals surface area contributed by atoms with Crippen molar-refractivity contribution < 1.29 is 4.79 Å². The van der Waals surface area contributed by atoms with Gasteiger partial charge in [0, 0.05) is 25.0 Å². The highest BCUT2D eigenvalue weighted by molar-refractivity contribution is 5.79. The van der Waals surface area contributed by atoms with Crippen molar-refractivity contribution in [2.75, 3.05) is 23.9 Å². The normalized spacial score (nSPS) is 9.57. The Hall–Kier alpha value is -1.82. The van der Waals surface area contributed by atoms with Crippen LogP contribution >= 0.6 is 0 Å². The maximum atomic E-state index is 10.7. The highest BCUT2D eigenvalue weighted by Crippen LogP contribution is 2.14. The molecule has 0 aliphatic rings. The standard InChI is InChI=1S/C8H13N5O/c1-13(5-7(9)14)6-2-3-11-8(4-6)12-10/h2-4H,5,10H2,1H3,(H2,9,14)(H,11,12). The zero-order chi connectivity index (χ0) is 10.6. The fourth-order valence-electron chi connectivity index (χ4n) is 1.06. The van der Waals surface area contributed by atoms with E-state index in [0.29, 0.717) is 5.82 Å². The average Bonchev–Trinajstić information content (AvgIpc) is 2.17. The molecule has 76 valence electrons. The van der Waals surface area contributed by atoms with E-state index >= 15 is 0 Å². The van der Waals surface area contributed by atoms with E-state index in [1.807, 2.05) is 0 Å². The maximum absolute atomic E-state index is 10.7. The Labute approximate surface area is 81.9 Å². The summed E-state index contributed by atoms with van der Waals surface area (Å²) in [4.78, 5) is 16.3. The Morgan fingerprint density at radius 2 is 2.43 bits per heavy atom. The summed E-state index contributed by atoms with van der Waals surface area (Å²) in [6.45, 7) is 0.161. The van der Waals surface area contributed by atoms with Crippen LogP contribution in [0.15, 0.2) is 18.3 Å². The number of aromatic nitrogens is 1. The van der Waals surface area contributed by atoms with Gasteiger partial charge in [-0.15, -0.1) is 0 Å². The number of nitrogen functional groups attached to an aromatic ring is 1. The molecule has 0 aromatic carbocycles. The largest absolute Gasteiger partial charge is 0.368 e. The van der Waals surface area contributed by atoms with E-state index in [2.05, 4.69) is 10.4 Å². The number of amides is 1. The summed E-state index contributed by atoms with van der Waals surface area (Å²) in [6, 6.07) is 3.49. The number of carbonyl (C=O) groups excluding carboxylic acids is 1. The van der Waals surface area contributed by atoms with E-state index in [1.165, 1.54) is 0 Å². The van der Waals surface area contributed by atoms with Crippen LogP contribution in [0, 0.1) is 0 Å². The fraction of sp³-hybridized carbons (Fsp3) is 0.250. The molecule has 6 nitrogen and oxygen atoms in total. The first kappa shape index (κ1) is 10.3. The van der Waals surface area contributed by atoms with Gasteiger partial charge in [-0.1, -0.05) is 0 Å². The van der Waals surface area contributed by atoms with Crippen LogP contribution in [-0.2, 0) is 4.79 Å². The molecule has 1 aromatic rings. The van der Waals surface area contributed by atoms with Crippen LogP contribution in [0.3, 0.4) is 0 Å². The van der Waals surface area contributed by atoms with Crippen LogP contribution in [-0.4, -0.2) is 24.5 Å². The second-order valence-electron chi connectivity index (χ2n) is 2.87. The van der Waals surface area contributed by atoms with E-state index in [0.717, 1.165) is 5.69 Å². The lowest BCUT2D eigenvalue weighted by atomic mass is 10.3. The van der Waals surface area contributed by atoms with Gasteiger partial charge >= 0.3 is 0 Å². The smallest absolute Gasteiger partial charge is 0.236 e. The van der Waals surface area contributed by atoms with Crippen molar-refractivity contribution in [2.24, 2.45) is 11.6 Å². The van der Waals surface area contributed by atoms with Crippen LogP contribution in [0.4, 0.5) is 11.5 Å². The number of likely N-dealkylation sites (N-methyl/N-ethyl adjacent to an activating group) is 1. The number of pyridine rings is 1. The summed E-state index contributed by atoms with van der Waals surface area (Å²) < 4.78 is 0. The number of nitrogens with one attached hydrogen (secondary N) is 1. The van der Waals surface area contributed by atoms with Crippen molar-refractivity contribution in [2.45, 2.75) is 0 Å². The summed E-state index contributed by atoms with van der Waals surface area (Å²) >= 11 is 0. The topological polar surface area (TPSA) is 97.3 Å². The molecule has 1 aromatic heterocycles. The van der Waals surface area contributed by atoms with Gasteiger partial charge in [0.15, 0.2) is 0 Å². The Kier molecular flexibility index (Phi) is 3.24. The van der Waals surface area contributed by atoms with E-state index < -0.39 is 0 Å². The van der Waals surface area contributed by atoms with Crippen LogP contribution in [0.2, 0.25) is 0 Å². The SMILES string of the molecule is CN(CC(N)=O)c1ccnc(NN)c1. The second-order valence-corrected chi connectivity index (χ2v) is 2.87. The first-order valence-electron chi connectivity index (χ1n) is 4.05. The fourth-order valence-corrected chi connectivity index (χ4v) is 1.06. The Balaban J connectivity index is 2.78. The minimum absolute atomic E-state index is 0.161. The van der Waals surface area contributed by atoms with Crippen LogP contribution < -0.4 is 21.9 Å². The summed E-state index contributed by atoms with van der Waals surface area (Å²) in [5, 5.41) is 0. The van der Waals surface area contributed by atoms with Crippen LogP contribution in [0.1, 0.15) is 0 Å². The third-order valence-corrected chi connectivity index (χ3v) is 1.73. The highest BCUT2D eigenvalue weighted by atomic mass is 16.1. The van der Waals surface area contributed by atoms with Gasteiger partial charge < -0.3 is 16.1 Å². The Morgan fingerprint density at radius 3 is 3.00 bits per heavy atom. The van der Waals surface area contributed by atoms with Crippen LogP contribution in [0.5, 0.6) is 0 Å². The molecular formula is C8H13N5O. The molecule has 14 heavy (non-hydrogen) atoms. The quantitative estimate of drug-likeness (QED) is 0.435. The number of nitrogens with two attached hydrogens (primary N) is 2. The molecule has 0 bridgehead atoms. The van der Waals surface area contributed by atoms with Gasteiger partial charge in [0.1, 0.15) is 5.82 Å². The molecular weight excluding hydrogens is 182 g/mol. The molecule has 1 heterocycles. The van der Waals surface area contributed by atoms with Crippen molar-refractivity contribution in [3.63, 3.8) is 0 Å². The molecule has 1 amide bonds. The minimum atomic E-state index is -0.383. The lowest BCUT2D eigenvalue weighted by molar-refractivity contribution is -0.116. The lowest BCUT2D eigenvalue weighted by Crippen LogP contribution is -2.30. The molecule has 0 aliphatic heterocycles. The third kappa shape index (κ3) is 2.60. The van der Waals surface area contributed by atoms with Crippen molar-refractivity contribution in [1.82, 2.24) is 4.98 Å². The van der Waals surface area contributed by atoms with Crippen LogP contribution in [0.25, 0.3) is 0 Å². The number of primary amides is 1. The number of anilines is 2. The van der Waals surface area contributed by atoms with E-state index in [4.69, 9.17) is 11.6 Å². The summed E-state index contributed by atoms with van der Waals surface area (Å²) in [5.41, 5.74) is 8.31. The zero-order valence-electron chi connectivity index (χ0n) is 7.90. The van der Waals surface area contributed by atoms with Gasteiger partial charge in [-0.3, -0.25) is 4.79 Å². The number of hydrogen-bond acceptors (Lipinski definition) is 5. The highest BCUT2D eigenvalue weighted by Gasteiger charge is 2.04. The van der Waals surface area contributed by atoms with E-state index in [9.17, 15) is 4.79 Å². The number of hydrogen-bond donors (Lipinski definition) is 3. The maximum Gasteiger partial charge on any atom is 0.236 e. The molecule has 0 fully saturated rings. The summed E-state index contributed by atoms with van der Waals surface area (Å²) in [7, 11) is 1.76. The van der Waals surface area contributed by atoms with E-state index in [1.54, 1.807) is 30.3 Å². The number of rotatable bonds is 4. The van der Waals surface area contributed by atoms with Gasteiger partial charge in [-0.2, -0.15) is 0 Å². The number of nitrogens with zero attached hydrogens (tertiary/aromatic N) is 2. The first-order chi connectivity index (χ1) is 6.63. The Bertz CT molecular complexity index is 327. The van der Waals surface area contributed by atoms with Crippen molar-refractivity contribution in [3.8, 4) is 0 Å². The molecule has 6 heteroatoms. The molecule has 5 N–H and O–H groups in total. The summed E-state index contributed by atoms with van der Waals surface area (Å²) in [6.07, 6.45) is 1.60. The molecule has 0 radical (unpaired) electrons. The first-order valence-corrected chi connectivity index (χ1v) is 4.05. The van der Waals surface area contributed by atoms with Gasteiger partial charge in [0.2, 0.25) is 5.91 Å². The monoisotopic (exact) mass is 195 g/mol. The molecule has 0 atom stereocenters. The predicted octanol–water partition coefficient (Wildman–Crippen LogP) is -0.711. The number of hydrazine groups is 1. The second kappa shape index (κ2) is 4.43. The minimum Gasteiger partial charge on any atom is -0.368 e. The van der Waals surface area contributed by atoms with Gasteiger partial charge in [-0.25, -0.2) is 10.8 Å². The predicted molar refractivity (Wildman–Crippen MR) is 54.5 cm³/mol. The van der Waals surface area contributed by atoms with Gasteiger partial charge in [-0.05, 0) is 6.07 Å². The van der Waals surface area contributed by atoms with E-state index in [-0.39, 0.29) is 12.5 Å². The van der Waals surface area contributed by atoms with Crippen molar-refractivity contribution in [1.29, 1.82) is 0 Å². The Morgan fingerprint density at radius 1 is 1.71 bits per heavy atom. The number of carbonyl (C=O) groups is 1. The average molecular weight is 195 g/mol. The lowest BCUT2D eigenvalue weighted by Gasteiger charge is -2.17. The van der Waals surface area contributed by atoms with Gasteiger partial charge in [0.05, 0.1) is 6.54 Å². The van der Waals surface area contributed by atoms with Gasteiger partial charge in [0.25, 0.3) is 0 Å². The summed E-state index contributed by atoms with van der Waals surface area (Å²) in [5.74, 6) is 5.36. The molecule has 0 spiro atoms. The molecule has 0 aliphatic carbocycles. The third-order valence-electron chi connectivity index (χ3n) is 1.73. The molecule has 0 unspecified atom stereocenters. The van der Waals surface area contributed by atoms with Crippen molar-refractivity contribution in [3.05, 3.63) is 18.3 Å². The molecule has 0 saturated carbocycles. The zero-order valence-corrected chi connectivity index (χ0v) is 7.90. The van der Waals surface area contributed by atoms with Crippen molar-refractivity contribution >= 4 is 17.4 Å². The molecule has 0 saturated heterocycles.